The Morgan fingerprint density at radius 1 is 1.36 bits per heavy atom. The summed E-state index contributed by atoms with van der Waals surface area (Å²) in [4.78, 5) is -0.0781. The van der Waals surface area contributed by atoms with Crippen LogP contribution in [0.5, 0.6) is 0 Å². The second-order valence-corrected chi connectivity index (χ2v) is 4.84. The molecule has 1 fully saturated rings. The number of likely N-dealkylation sites (tertiary alicyclic amines) is 1. The van der Waals surface area contributed by atoms with Crippen molar-refractivity contribution in [1.29, 1.82) is 0 Å². The Morgan fingerprint density at radius 2 is 1.82 bits per heavy atom. The van der Waals surface area contributed by atoms with Gasteiger partial charge in [0.15, 0.2) is 4.87 Å². The zero-order valence-electron chi connectivity index (χ0n) is 7.30. The summed E-state index contributed by atoms with van der Waals surface area (Å²) in [6, 6.07) is 0. The van der Waals surface area contributed by atoms with Crippen LogP contribution in [-0.4, -0.2) is 22.6 Å². The van der Waals surface area contributed by atoms with Gasteiger partial charge >= 0.3 is 0 Å². The molecule has 0 bridgehead atoms. The van der Waals surface area contributed by atoms with Gasteiger partial charge in [-0.15, -0.1) is 18.2 Å². The minimum atomic E-state index is -0.0781. The minimum Gasteiger partial charge on any atom is -0.226 e. The molecule has 4 heteroatoms. The van der Waals surface area contributed by atoms with E-state index < -0.39 is 0 Å². The smallest absolute Gasteiger partial charge is 0.156 e. The van der Waals surface area contributed by atoms with E-state index in [0.29, 0.717) is 0 Å². The average Bonchev–Trinajstić information content (AvgIpc) is 2.33. The van der Waals surface area contributed by atoms with Crippen molar-refractivity contribution >= 4 is 12.6 Å². The quantitative estimate of drug-likeness (QED) is 0.250. The molecule has 1 aliphatic rings. The van der Waals surface area contributed by atoms with Gasteiger partial charge in [-0.05, 0) is 0 Å². The zero-order valence-corrected chi connectivity index (χ0v) is 8.19. The summed E-state index contributed by atoms with van der Waals surface area (Å²) in [6.07, 6.45) is 2.49. The van der Waals surface area contributed by atoms with Crippen LogP contribution in [-0.2, 0) is 0 Å². The third-order valence-electron chi connectivity index (χ3n) is 2.62. The van der Waals surface area contributed by atoms with Gasteiger partial charge in [-0.3, -0.25) is 0 Å². The van der Waals surface area contributed by atoms with Crippen LogP contribution in [0.3, 0.4) is 0 Å². The molecule has 1 rings (SSSR count). The maximum Gasteiger partial charge on any atom is 0.156 e. The van der Waals surface area contributed by atoms with Crippen molar-refractivity contribution in [2.45, 2.75) is 31.6 Å². The van der Waals surface area contributed by atoms with Gasteiger partial charge in [0, 0.05) is 26.7 Å². The summed E-state index contributed by atoms with van der Waals surface area (Å²) in [5, 5.41) is 0. The fourth-order valence-electron chi connectivity index (χ4n) is 1.71. The van der Waals surface area contributed by atoms with Gasteiger partial charge in [0.25, 0.3) is 0 Å². The maximum absolute atomic E-state index is 5.53. The molecule has 3 nitrogen and oxygen atoms in total. The van der Waals surface area contributed by atoms with Crippen molar-refractivity contribution in [2.24, 2.45) is 5.84 Å². The van der Waals surface area contributed by atoms with Crippen molar-refractivity contribution in [3.63, 3.8) is 0 Å². The van der Waals surface area contributed by atoms with E-state index in [0.717, 1.165) is 17.7 Å². The molecule has 66 valence electrons. The molecule has 0 unspecified atom stereocenters. The summed E-state index contributed by atoms with van der Waals surface area (Å²) in [5.74, 6) is 5.53. The number of quaternary nitrogens is 1. The number of nitrogens with two attached hydrogens (primary N) is 1. The minimum absolute atomic E-state index is 0.0781. The highest BCUT2D eigenvalue weighted by molar-refractivity contribution is 7.81. The van der Waals surface area contributed by atoms with Gasteiger partial charge in [0.1, 0.15) is 0 Å². The van der Waals surface area contributed by atoms with Crippen LogP contribution in [0.15, 0.2) is 0 Å². The largest absolute Gasteiger partial charge is 0.226 e. The number of hydrazine groups is 1. The van der Waals surface area contributed by atoms with Crippen molar-refractivity contribution in [1.82, 2.24) is 5.53 Å². The van der Waals surface area contributed by atoms with Crippen LogP contribution in [0, 0.1) is 0 Å². The van der Waals surface area contributed by atoms with Crippen LogP contribution in [0.4, 0.5) is 0 Å². The lowest BCUT2D eigenvalue weighted by molar-refractivity contribution is -0.987. The molecule has 0 saturated carbocycles. The Bertz CT molecular complexity index is 135. The first-order valence-electron chi connectivity index (χ1n) is 4.09. The topological polar surface area (TPSA) is 38.0 Å². The second-order valence-electron chi connectivity index (χ2n) is 3.75. The van der Waals surface area contributed by atoms with Gasteiger partial charge in [0.2, 0.25) is 0 Å². The first-order chi connectivity index (χ1) is 5.02. The number of thiol groups is 1. The van der Waals surface area contributed by atoms with Crippen molar-refractivity contribution in [3.05, 3.63) is 0 Å². The number of nitrogens with one attached hydrogen (secondary N) is 1. The SMILES string of the molecule is CC(C)(S)[N+]1(NN)CCCC1. The van der Waals surface area contributed by atoms with E-state index in [1.54, 1.807) is 0 Å². The molecular formula is C7H18N3S+. The van der Waals surface area contributed by atoms with Crippen LogP contribution in [0.2, 0.25) is 0 Å². The highest BCUT2D eigenvalue weighted by atomic mass is 32.1. The van der Waals surface area contributed by atoms with Crippen LogP contribution in [0.1, 0.15) is 26.7 Å². The molecule has 0 radical (unpaired) electrons. The van der Waals surface area contributed by atoms with Gasteiger partial charge in [-0.2, -0.15) is 0 Å². The molecule has 3 N–H and O–H groups in total. The summed E-state index contributed by atoms with van der Waals surface area (Å²) in [7, 11) is 0. The molecule has 0 aliphatic carbocycles. The van der Waals surface area contributed by atoms with Crippen molar-refractivity contribution in [2.75, 3.05) is 13.1 Å². The summed E-state index contributed by atoms with van der Waals surface area (Å²) in [5.41, 5.74) is 2.88. The summed E-state index contributed by atoms with van der Waals surface area (Å²) >= 11 is 4.55. The van der Waals surface area contributed by atoms with E-state index in [1.807, 2.05) is 0 Å². The third-order valence-corrected chi connectivity index (χ3v) is 3.01. The van der Waals surface area contributed by atoms with Crippen molar-refractivity contribution < 1.29 is 4.59 Å². The average molecular weight is 176 g/mol. The highest BCUT2D eigenvalue weighted by Crippen LogP contribution is 2.30. The van der Waals surface area contributed by atoms with E-state index in [9.17, 15) is 0 Å². The molecule has 1 heterocycles. The fourth-order valence-corrected chi connectivity index (χ4v) is 1.97. The number of hydrogen-bond donors (Lipinski definition) is 3. The molecule has 0 aromatic heterocycles. The first-order valence-corrected chi connectivity index (χ1v) is 4.54. The molecular weight excluding hydrogens is 158 g/mol. The summed E-state index contributed by atoms with van der Waals surface area (Å²) < 4.78 is 0.732. The molecule has 0 aromatic rings. The third kappa shape index (κ3) is 1.54. The Kier molecular flexibility index (Phi) is 2.49. The molecule has 11 heavy (non-hydrogen) atoms. The molecule has 1 saturated heterocycles. The molecule has 0 spiro atoms. The molecule has 0 amide bonds. The Morgan fingerprint density at radius 3 is 2.00 bits per heavy atom. The maximum atomic E-state index is 5.53. The highest BCUT2D eigenvalue weighted by Gasteiger charge is 2.43. The van der Waals surface area contributed by atoms with Crippen LogP contribution < -0.4 is 11.4 Å². The molecule has 0 aromatic carbocycles. The predicted octanol–water partition coefficient (Wildman–Crippen LogP) is 0.641. The predicted molar refractivity (Wildman–Crippen MR) is 49.6 cm³/mol. The zero-order chi connectivity index (χ0) is 8.54. The molecule has 0 atom stereocenters. The van der Waals surface area contributed by atoms with Gasteiger partial charge in [-0.25, -0.2) is 10.4 Å². The summed E-state index contributed by atoms with van der Waals surface area (Å²) in [6.45, 7) is 6.38. The van der Waals surface area contributed by atoms with E-state index in [1.165, 1.54) is 12.8 Å². The lowest BCUT2D eigenvalue weighted by Gasteiger charge is -2.42. The van der Waals surface area contributed by atoms with Crippen LogP contribution in [0.25, 0.3) is 0 Å². The number of hydrogen-bond acceptors (Lipinski definition) is 3. The van der Waals surface area contributed by atoms with Gasteiger partial charge in [-0.1, -0.05) is 0 Å². The molecule has 1 aliphatic heterocycles. The monoisotopic (exact) mass is 176 g/mol. The fraction of sp³-hybridized carbons (Fsp3) is 1.00. The normalized spacial score (nSPS) is 24.0. The van der Waals surface area contributed by atoms with Crippen molar-refractivity contribution in [3.8, 4) is 0 Å². The number of nitrogens with zero attached hydrogens (tertiary/aromatic N) is 1. The lowest BCUT2D eigenvalue weighted by Crippen LogP contribution is -2.67. The van der Waals surface area contributed by atoms with E-state index in [4.69, 9.17) is 5.84 Å². The first kappa shape index (κ1) is 9.32. The van der Waals surface area contributed by atoms with Gasteiger partial charge in [0.05, 0.1) is 13.1 Å². The van der Waals surface area contributed by atoms with E-state index in [-0.39, 0.29) is 4.87 Å². The van der Waals surface area contributed by atoms with E-state index >= 15 is 0 Å². The Balaban J connectivity index is 2.75. The Labute approximate surface area is 73.9 Å². The standard InChI is InChI=1S/C7H17N3S/c1-7(2,11)10(9-8)5-3-4-6-10/h9H,3-6,8H2,1-2H3/p+1. The second kappa shape index (κ2) is 2.94. The number of rotatable bonds is 2. The Hall–Kier alpha value is 0.230. The van der Waals surface area contributed by atoms with E-state index in [2.05, 4.69) is 32.0 Å². The van der Waals surface area contributed by atoms with Crippen LogP contribution >= 0.6 is 12.6 Å². The lowest BCUT2D eigenvalue weighted by atomic mass is 10.3. The van der Waals surface area contributed by atoms with Gasteiger partial charge < -0.3 is 0 Å².